The summed E-state index contributed by atoms with van der Waals surface area (Å²) in [5.41, 5.74) is 1.14. The zero-order valence-corrected chi connectivity index (χ0v) is 17.2. The molecule has 1 atom stereocenters. The molecule has 0 spiro atoms. The molecule has 27 heavy (non-hydrogen) atoms. The maximum atomic E-state index is 5.80. The van der Waals surface area contributed by atoms with Crippen LogP contribution in [0.4, 0.5) is 0 Å². The van der Waals surface area contributed by atoms with Gasteiger partial charge in [-0.25, -0.2) is 9.98 Å². The van der Waals surface area contributed by atoms with Crippen LogP contribution in [0.1, 0.15) is 45.6 Å². The topological polar surface area (TPSA) is 53.0 Å². The molecule has 2 heterocycles. The number of rotatable bonds is 9. The van der Waals surface area contributed by atoms with Crippen LogP contribution in [0.2, 0.25) is 0 Å². The number of likely N-dealkylation sites (N-methyl/N-ethyl adjacent to an activating group) is 1. The quantitative estimate of drug-likeness (QED) is 0.533. The molecule has 1 saturated carbocycles. The number of nitrogens with one attached hydrogen (secondary N) is 1. The highest BCUT2D eigenvalue weighted by atomic mass is 16.5. The van der Waals surface area contributed by atoms with Crippen molar-refractivity contribution in [3.63, 3.8) is 0 Å². The van der Waals surface area contributed by atoms with Crippen molar-refractivity contribution in [3.05, 3.63) is 23.9 Å². The maximum Gasteiger partial charge on any atom is 0.213 e. The number of nitrogens with zero attached hydrogens (tertiary/aromatic N) is 4. The molecule has 1 N–H and O–H groups in total. The summed E-state index contributed by atoms with van der Waals surface area (Å²) in [6.07, 6.45) is 5.62. The molecule has 1 unspecified atom stereocenters. The standard InChI is InChI=1S/C21H35N5O/c1-4-22-21(26-12-10-19(15-26)25(5-2)6-3)24-14-18-9-11-23-20(13-18)27-16-17-7-8-17/h9,11,13,17,19H,4-8,10,12,14-16H2,1-3H3,(H,22,24). The molecule has 1 aliphatic heterocycles. The normalized spacial score (nSPS) is 20.4. The fourth-order valence-electron chi connectivity index (χ4n) is 3.68. The summed E-state index contributed by atoms with van der Waals surface area (Å²) in [6.45, 7) is 13.3. The SMILES string of the molecule is CCNC(=NCc1ccnc(OCC2CC2)c1)N1CCC(N(CC)CC)C1. The van der Waals surface area contributed by atoms with Crippen molar-refractivity contribution in [2.24, 2.45) is 10.9 Å². The van der Waals surface area contributed by atoms with Gasteiger partial charge in [-0.3, -0.25) is 4.90 Å². The zero-order chi connectivity index (χ0) is 19.1. The van der Waals surface area contributed by atoms with Gasteiger partial charge in [-0.2, -0.15) is 0 Å². The van der Waals surface area contributed by atoms with Crippen LogP contribution >= 0.6 is 0 Å². The van der Waals surface area contributed by atoms with Crippen LogP contribution in [0.25, 0.3) is 0 Å². The first kappa shape index (κ1) is 19.9. The molecular weight excluding hydrogens is 338 g/mol. The van der Waals surface area contributed by atoms with E-state index in [0.717, 1.165) is 62.7 Å². The summed E-state index contributed by atoms with van der Waals surface area (Å²) in [5, 5.41) is 3.46. The van der Waals surface area contributed by atoms with E-state index >= 15 is 0 Å². The predicted molar refractivity (Wildman–Crippen MR) is 110 cm³/mol. The lowest BCUT2D eigenvalue weighted by Gasteiger charge is -2.27. The third-order valence-corrected chi connectivity index (χ3v) is 5.50. The lowest BCUT2D eigenvalue weighted by Crippen LogP contribution is -2.43. The van der Waals surface area contributed by atoms with Gasteiger partial charge in [-0.15, -0.1) is 0 Å². The summed E-state index contributed by atoms with van der Waals surface area (Å²) in [5.74, 6) is 2.48. The van der Waals surface area contributed by atoms with E-state index < -0.39 is 0 Å². The number of guanidine groups is 1. The van der Waals surface area contributed by atoms with Crippen LogP contribution in [0.5, 0.6) is 5.88 Å². The molecule has 0 aromatic carbocycles. The molecule has 6 nitrogen and oxygen atoms in total. The van der Waals surface area contributed by atoms with Crippen molar-refractivity contribution in [1.29, 1.82) is 0 Å². The van der Waals surface area contributed by atoms with Crippen LogP contribution in [-0.4, -0.2) is 66.1 Å². The number of pyridine rings is 1. The van der Waals surface area contributed by atoms with Crippen LogP contribution in [0, 0.1) is 5.92 Å². The van der Waals surface area contributed by atoms with Gasteiger partial charge in [0.2, 0.25) is 5.88 Å². The number of hydrogen-bond donors (Lipinski definition) is 1. The molecule has 2 fully saturated rings. The zero-order valence-electron chi connectivity index (χ0n) is 17.2. The number of ether oxygens (including phenoxy) is 1. The Balaban J connectivity index is 1.59. The number of hydrogen-bond acceptors (Lipinski definition) is 4. The first-order chi connectivity index (χ1) is 13.2. The first-order valence-electron chi connectivity index (χ1n) is 10.6. The average molecular weight is 374 g/mol. The molecule has 2 aliphatic rings. The van der Waals surface area contributed by atoms with E-state index in [2.05, 4.69) is 40.9 Å². The van der Waals surface area contributed by atoms with E-state index in [0.29, 0.717) is 12.6 Å². The van der Waals surface area contributed by atoms with E-state index in [-0.39, 0.29) is 0 Å². The van der Waals surface area contributed by atoms with E-state index in [1.54, 1.807) is 0 Å². The van der Waals surface area contributed by atoms with Gasteiger partial charge in [0.05, 0.1) is 13.2 Å². The van der Waals surface area contributed by atoms with E-state index in [1.165, 1.54) is 19.3 Å². The molecule has 6 heteroatoms. The summed E-state index contributed by atoms with van der Waals surface area (Å²) < 4.78 is 5.80. The Hall–Kier alpha value is -1.82. The fraction of sp³-hybridized carbons (Fsp3) is 0.714. The minimum absolute atomic E-state index is 0.632. The Kier molecular flexibility index (Phi) is 7.33. The number of aliphatic imine (C=N–C) groups is 1. The fourth-order valence-corrected chi connectivity index (χ4v) is 3.68. The molecule has 1 aliphatic carbocycles. The predicted octanol–water partition coefficient (Wildman–Crippen LogP) is 2.75. The highest BCUT2D eigenvalue weighted by Crippen LogP contribution is 2.29. The van der Waals surface area contributed by atoms with Crippen LogP contribution < -0.4 is 10.1 Å². The Labute approximate surface area is 164 Å². The van der Waals surface area contributed by atoms with Crippen molar-refractivity contribution in [1.82, 2.24) is 20.1 Å². The Bertz CT molecular complexity index is 612. The summed E-state index contributed by atoms with van der Waals surface area (Å²) in [6, 6.07) is 4.69. The van der Waals surface area contributed by atoms with Gasteiger partial charge in [0.1, 0.15) is 0 Å². The molecule has 1 aromatic rings. The monoisotopic (exact) mass is 373 g/mol. The Morgan fingerprint density at radius 1 is 1.30 bits per heavy atom. The average Bonchev–Trinajstić information content (AvgIpc) is 3.41. The highest BCUT2D eigenvalue weighted by Gasteiger charge is 2.28. The van der Waals surface area contributed by atoms with Crippen molar-refractivity contribution in [2.45, 2.75) is 52.6 Å². The van der Waals surface area contributed by atoms with Gasteiger partial charge >= 0.3 is 0 Å². The van der Waals surface area contributed by atoms with Crippen molar-refractivity contribution >= 4 is 5.96 Å². The summed E-state index contributed by atoms with van der Waals surface area (Å²) in [4.78, 5) is 14.2. The van der Waals surface area contributed by atoms with Crippen LogP contribution in [-0.2, 0) is 6.54 Å². The third kappa shape index (κ3) is 5.83. The third-order valence-electron chi connectivity index (χ3n) is 5.50. The Morgan fingerprint density at radius 3 is 2.81 bits per heavy atom. The molecule has 0 bridgehead atoms. The lowest BCUT2D eigenvalue weighted by molar-refractivity contribution is 0.223. The van der Waals surface area contributed by atoms with Gasteiger partial charge in [0, 0.05) is 37.9 Å². The summed E-state index contributed by atoms with van der Waals surface area (Å²) >= 11 is 0. The van der Waals surface area contributed by atoms with Gasteiger partial charge in [-0.1, -0.05) is 13.8 Å². The number of likely N-dealkylation sites (tertiary alicyclic amines) is 1. The highest BCUT2D eigenvalue weighted by molar-refractivity contribution is 5.80. The second-order valence-electron chi connectivity index (χ2n) is 7.54. The number of aromatic nitrogens is 1. The van der Waals surface area contributed by atoms with Crippen LogP contribution in [0.3, 0.4) is 0 Å². The Morgan fingerprint density at radius 2 is 2.11 bits per heavy atom. The second-order valence-corrected chi connectivity index (χ2v) is 7.54. The van der Waals surface area contributed by atoms with E-state index in [1.807, 2.05) is 18.3 Å². The van der Waals surface area contributed by atoms with Crippen molar-refractivity contribution in [2.75, 3.05) is 39.3 Å². The van der Waals surface area contributed by atoms with Gasteiger partial charge in [-0.05, 0) is 56.8 Å². The van der Waals surface area contributed by atoms with E-state index in [4.69, 9.17) is 9.73 Å². The van der Waals surface area contributed by atoms with Crippen LogP contribution in [0.15, 0.2) is 23.3 Å². The minimum atomic E-state index is 0.632. The molecule has 1 aromatic heterocycles. The molecule has 150 valence electrons. The maximum absolute atomic E-state index is 5.80. The van der Waals surface area contributed by atoms with Crippen molar-refractivity contribution < 1.29 is 4.74 Å². The molecular formula is C21H35N5O. The molecule has 1 saturated heterocycles. The van der Waals surface area contributed by atoms with Gasteiger partial charge < -0.3 is 15.0 Å². The first-order valence-corrected chi connectivity index (χ1v) is 10.6. The minimum Gasteiger partial charge on any atom is -0.477 e. The van der Waals surface area contributed by atoms with Gasteiger partial charge in [0.15, 0.2) is 5.96 Å². The molecule has 0 radical (unpaired) electrons. The molecule has 3 rings (SSSR count). The molecule has 0 amide bonds. The lowest BCUT2D eigenvalue weighted by atomic mass is 10.2. The second kappa shape index (κ2) is 9.93. The van der Waals surface area contributed by atoms with Gasteiger partial charge in [0.25, 0.3) is 0 Å². The van der Waals surface area contributed by atoms with Crippen molar-refractivity contribution in [3.8, 4) is 5.88 Å². The smallest absolute Gasteiger partial charge is 0.213 e. The largest absolute Gasteiger partial charge is 0.477 e. The summed E-state index contributed by atoms with van der Waals surface area (Å²) in [7, 11) is 0. The van der Waals surface area contributed by atoms with E-state index in [9.17, 15) is 0 Å².